The van der Waals surface area contributed by atoms with Gasteiger partial charge in [-0.2, -0.15) is 5.48 Å². The number of hydroxylamine groups is 1. The molecule has 0 spiro atoms. The van der Waals surface area contributed by atoms with Gasteiger partial charge in [0.2, 0.25) is 5.91 Å². The van der Waals surface area contributed by atoms with Crippen LogP contribution in [0.2, 0.25) is 0 Å². The van der Waals surface area contributed by atoms with Crippen molar-refractivity contribution in [2.24, 2.45) is 0 Å². The molecular formula is C24H22N2O4. The summed E-state index contributed by atoms with van der Waals surface area (Å²) >= 11 is 0. The van der Waals surface area contributed by atoms with Crippen LogP contribution in [0.1, 0.15) is 33.0 Å². The van der Waals surface area contributed by atoms with E-state index in [1.807, 2.05) is 24.3 Å². The van der Waals surface area contributed by atoms with Crippen molar-refractivity contribution in [3.05, 3.63) is 89.0 Å². The number of aromatic carboxylic acids is 1. The van der Waals surface area contributed by atoms with Crippen molar-refractivity contribution in [2.75, 3.05) is 18.5 Å². The molecule has 6 heteroatoms. The lowest BCUT2D eigenvalue weighted by Crippen LogP contribution is -2.29. The molecule has 0 aliphatic heterocycles. The fraction of sp³-hybridized carbons (Fsp3) is 0.167. The van der Waals surface area contributed by atoms with E-state index in [9.17, 15) is 9.59 Å². The Kier molecular flexibility index (Phi) is 5.61. The highest BCUT2D eigenvalue weighted by atomic mass is 16.6. The second-order valence-corrected chi connectivity index (χ2v) is 7.24. The highest BCUT2D eigenvalue weighted by Gasteiger charge is 2.28. The number of carbonyl (C=O) groups is 2. The van der Waals surface area contributed by atoms with Crippen LogP contribution >= 0.6 is 0 Å². The zero-order valence-electron chi connectivity index (χ0n) is 16.5. The molecule has 30 heavy (non-hydrogen) atoms. The first kappa shape index (κ1) is 19.8. The van der Waals surface area contributed by atoms with Gasteiger partial charge in [-0.3, -0.25) is 4.79 Å². The number of anilines is 1. The van der Waals surface area contributed by atoms with E-state index in [0.29, 0.717) is 17.9 Å². The molecule has 3 aromatic rings. The molecule has 1 aliphatic carbocycles. The molecule has 0 fully saturated rings. The van der Waals surface area contributed by atoms with Crippen molar-refractivity contribution < 1.29 is 19.5 Å². The van der Waals surface area contributed by atoms with Gasteiger partial charge in [-0.05, 0) is 52.9 Å². The van der Waals surface area contributed by atoms with E-state index in [1.165, 1.54) is 34.4 Å². The van der Waals surface area contributed by atoms with Crippen LogP contribution in [0.25, 0.3) is 11.1 Å². The monoisotopic (exact) mass is 402 g/mol. The van der Waals surface area contributed by atoms with E-state index in [-0.39, 0.29) is 23.9 Å². The Bertz CT molecular complexity index is 1060. The minimum absolute atomic E-state index is 0.0177. The van der Waals surface area contributed by atoms with Crippen LogP contribution in [-0.4, -0.2) is 30.1 Å². The lowest BCUT2D eigenvalue weighted by molar-refractivity contribution is -0.118. The number of hydrogen-bond donors (Lipinski definition) is 3. The van der Waals surface area contributed by atoms with Crippen molar-refractivity contribution in [3.8, 4) is 11.1 Å². The quantitative estimate of drug-likeness (QED) is 0.411. The number of fused-ring (bicyclic) bond motifs is 3. The minimum Gasteiger partial charge on any atom is -0.478 e. The van der Waals surface area contributed by atoms with Gasteiger partial charge in [0.15, 0.2) is 0 Å². The van der Waals surface area contributed by atoms with Crippen molar-refractivity contribution >= 4 is 17.6 Å². The molecule has 0 unspecified atom stereocenters. The average Bonchev–Trinajstić information content (AvgIpc) is 3.06. The van der Waals surface area contributed by atoms with Crippen LogP contribution in [0.3, 0.4) is 0 Å². The molecule has 0 bridgehead atoms. The van der Waals surface area contributed by atoms with E-state index in [0.717, 1.165) is 0 Å². The van der Waals surface area contributed by atoms with Crippen LogP contribution < -0.4 is 10.8 Å². The summed E-state index contributed by atoms with van der Waals surface area (Å²) in [7, 11) is 0. The number of aryl methyl sites for hydroxylation is 1. The Morgan fingerprint density at radius 3 is 2.20 bits per heavy atom. The van der Waals surface area contributed by atoms with Crippen molar-refractivity contribution in [3.63, 3.8) is 0 Å². The lowest BCUT2D eigenvalue weighted by atomic mass is 9.98. The van der Waals surface area contributed by atoms with Gasteiger partial charge in [0.05, 0.1) is 12.2 Å². The first-order valence-corrected chi connectivity index (χ1v) is 9.71. The van der Waals surface area contributed by atoms with Crippen LogP contribution in [0, 0.1) is 6.92 Å². The van der Waals surface area contributed by atoms with Gasteiger partial charge in [0, 0.05) is 11.6 Å². The van der Waals surface area contributed by atoms with Crippen LogP contribution in [-0.2, 0) is 9.63 Å². The van der Waals surface area contributed by atoms with Crippen molar-refractivity contribution in [1.29, 1.82) is 0 Å². The predicted octanol–water partition coefficient (Wildman–Crippen LogP) is 3.97. The summed E-state index contributed by atoms with van der Waals surface area (Å²) in [6, 6.07) is 21.1. The molecule has 4 rings (SSSR count). The van der Waals surface area contributed by atoms with E-state index < -0.39 is 5.97 Å². The molecule has 1 amide bonds. The summed E-state index contributed by atoms with van der Waals surface area (Å²) in [6.45, 7) is 2.14. The molecule has 3 aromatic carbocycles. The normalized spacial score (nSPS) is 12.3. The van der Waals surface area contributed by atoms with Gasteiger partial charge in [0.25, 0.3) is 0 Å². The van der Waals surface area contributed by atoms with Crippen LogP contribution in [0.15, 0.2) is 66.7 Å². The number of hydrogen-bond acceptors (Lipinski definition) is 4. The topological polar surface area (TPSA) is 87.7 Å². The molecular weight excluding hydrogens is 380 g/mol. The van der Waals surface area contributed by atoms with Gasteiger partial charge in [-0.15, -0.1) is 0 Å². The molecule has 152 valence electrons. The molecule has 1 aliphatic rings. The van der Waals surface area contributed by atoms with Gasteiger partial charge in [-0.1, -0.05) is 48.5 Å². The smallest absolute Gasteiger partial charge is 0.335 e. The second kappa shape index (κ2) is 8.49. The molecule has 0 atom stereocenters. The van der Waals surface area contributed by atoms with E-state index in [2.05, 4.69) is 35.1 Å². The third-order valence-electron chi connectivity index (χ3n) is 5.29. The summed E-state index contributed by atoms with van der Waals surface area (Å²) in [4.78, 5) is 28.8. The zero-order chi connectivity index (χ0) is 21.1. The second-order valence-electron chi connectivity index (χ2n) is 7.24. The van der Waals surface area contributed by atoms with Crippen molar-refractivity contribution in [1.82, 2.24) is 5.48 Å². The number of carboxylic acid groups (broad SMARTS) is 1. The maximum absolute atomic E-state index is 12.2. The Morgan fingerprint density at radius 2 is 1.60 bits per heavy atom. The fourth-order valence-corrected chi connectivity index (χ4v) is 3.83. The first-order chi connectivity index (χ1) is 14.5. The first-order valence-electron chi connectivity index (χ1n) is 9.71. The summed E-state index contributed by atoms with van der Waals surface area (Å²) in [5, 5.41) is 11.8. The lowest BCUT2D eigenvalue weighted by Gasteiger charge is -2.14. The van der Waals surface area contributed by atoms with Gasteiger partial charge in [-0.25, -0.2) is 4.79 Å². The highest BCUT2D eigenvalue weighted by molar-refractivity contribution is 5.94. The van der Waals surface area contributed by atoms with Crippen molar-refractivity contribution in [2.45, 2.75) is 12.8 Å². The Labute approximate surface area is 174 Å². The SMILES string of the molecule is Cc1cc(C(=O)O)ccc1NC(=O)CNOCC1c2ccccc2-c2ccccc21. The number of amides is 1. The molecule has 0 saturated carbocycles. The number of carboxylic acids is 1. The van der Waals surface area contributed by atoms with Gasteiger partial charge in [0.1, 0.15) is 6.54 Å². The maximum Gasteiger partial charge on any atom is 0.335 e. The molecule has 0 saturated heterocycles. The Hall–Kier alpha value is -3.48. The molecule has 0 radical (unpaired) electrons. The summed E-state index contributed by atoms with van der Waals surface area (Å²) in [5.74, 6) is -1.16. The largest absolute Gasteiger partial charge is 0.478 e. The fourth-order valence-electron chi connectivity index (χ4n) is 3.83. The zero-order valence-corrected chi connectivity index (χ0v) is 16.5. The summed E-state index contributed by atoms with van der Waals surface area (Å²) in [5.41, 5.74) is 9.07. The van der Waals surface area contributed by atoms with Crippen LogP contribution in [0.4, 0.5) is 5.69 Å². The third-order valence-corrected chi connectivity index (χ3v) is 5.29. The average molecular weight is 402 g/mol. The predicted molar refractivity (Wildman–Crippen MR) is 114 cm³/mol. The number of nitrogens with one attached hydrogen (secondary N) is 2. The Morgan fingerprint density at radius 1 is 0.967 bits per heavy atom. The van der Waals surface area contributed by atoms with E-state index in [4.69, 9.17) is 9.94 Å². The number of rotatable bonds is 7. The van der Waals surface area contributed by atoms with Gasteiger partial charge < -0.3 is 15.3 Å². The van der Waals surface area contributed by atoms with Crippen LogP contribution in [0.5, 0.6) is 0 Å². The molecule has 0 aromatic heterocycles. The van der Waals surface area contributed by atoms with Gasteiger partial charge >= 0.3 is 5.97 Å². The van der Waals surface area contributed by atoms with E-state index in [1.54, 1.807) is 13.0 Å². The molecule has 0 heterocycles. The van der Waals surface area contributed by atoms with E-state index >= 15 is 0 Å². The third kappa shape index (κ3) is 3.96. The minimum atomic E-state index is -0.999. The number of carbonyl (C=O) groups excluding carboxylic acids is 1. The standard InChI is InChI=1S/C24H22N2O4/c1-15-12-16(24(28)29)10-11-22(15)26-23(27)13-25-30-14-21-19-8-4-2-6-17(19)18-7-3-5-9-20(18)21/h2-12,21,25H,13-14H2,1H3,(H,26,27)(H,28,29). The molecule has 6 nitrogen and oxygen atoms in total. The summed E-state index contributed by atoms with van der Waals surface area (Å²) in [6.07, 6.45) is 0. The summed E-state index contributed by atoms with van der Waals surface area (Å²) < 4.78 is 0. The highest BCUT2D eigenvalue weighted by Crippen LogP contribution is 2.44. The Balaban J connectivity index is 1.32. The number of benzene rings is 3. The molecule has 3 N–H and O–H groups in total. The maximum atomic E-state index is 12.2.